The summed E-state index contributed by atoms with van der Waals surface area (Å²) in [6.45, 7) is 4.92. The van der Waals surface area contributed by atoms with E-state index in [9.17, 15) is 0 Å². The van der Waals surface area contributed by atoms with E-state index in [0.717, 1.165) is 61.2 Å². The summed E-state index contributed by atoms with van der Waals surface area (Å²) < 4.78 is 5.53. The van der Waals surface area contributed by atoms with Gasteiger partial charge in [-0.25, -0.2) is 0 Å². The Bertz CT molecular complexity index is 879. The largest absolute Gasteiger partial charge is 0.379 e. The molecule has 146 valence electrons. The van der Waals surface area contributed by atoms with Crippen LogP contribution in [0.4, 0.5) is 0 Å². The van der Waals surface area contributed by atoms with Gasteiger partial charge in [-0.3, -0.25) is 15.0 Å². The fourth-order valence-electron chi connectivity index (χ4n) is 3.61. The average Bonchev–Trinajstić information content (AvgIpc) is 3.21. The van der Waals surface area contributed by atoms with Crippen molar-refractivity contribution < 1.29 is 4.74 Å². The maximum Gasteiger partial charge on any atom is 0.0710 e. The van der Waals surface area contributed by atoms with Crippen LogP contribution in [-0.2, 0) is 11.3 Å². The third-order valence-electron chi connectivity index (χ3n) is 5.04. The lowest BCUT2D eigenvalue weighted by Crippen LogP contribution is -2.42. The topological polar surface area (TPSA) is 66.1 Å². The molecule has 0 amide bonds. The number of pyridine rings is 1. The Labute approximate surface area is 169 Å². The minimum atomic E-state index is 0.247. The Kier molecular flexibility index (Phi) is 6.34. The molecule has 1 aliphatic rings. The molecule has 2 N–H and O–H groups in total. The number of ether oxygens (including phenoxy) is 1. The number of nitrogens with one attached hydrogen (secondary N) is 2. The number of nitrogens with zero attached hydrogens (tertiary/aromatic N) is 3. The van der Waals surface area contributed by atoms with Crippen molar-refractivity contribution in [2.24, 2.45) is 0 Å². The van der Waals surface area contributed by atoms with E-state index in [2.05, 4.69) is 37.5 Å². The predicted octanol–water partition coefficient (Wildman–Crippen LogP) is 3.29. The molecular weight excluding hydrogens is 374 g/mol. The highest BCUT2D eigenvalue weighted by Gasteiger charge is 2.22. The summed E-state index contributed by atoms with van der Waals surface area (Å²) >= 11 is 6.25. The molecule has 1 saturated heterocycles. The van der Waals surface area contributed by atoms with Crippen molar-refractivity contribution in [3.05, 3.63) is 71.1 Å². The number of morpholine rings is 1. The lowest BCUT2D eigenvalue weighted by atomic mass is 10.0. The molecule has 0 radical (unpaired) electrons. The first-order valence-electron chi connectivity index (χ1n) is 9.52. The van der Waals surface area contributed by atoms with E-state index in [-0.39, 0.29) is 6.04 Å². The quantitative estimate of drug-likeness (QED) is 0.640. The second kappa shape index (κ2) is 9.30. The first-order chi connectivity index (χ1) is 13.8. The van der Waals surface area contributed by atoms with Crippen LogP contribution in [0.5, 0.6) is 0 Å². The lowest BCUT2D eigenvalue weighted by molar-refractivity contribution is 0.0161. The highest BCUT2D eigenvalue weighted by atomic mass is 35.5. The molecule has 28 heavy (non-hydrogen) atoms. The summed E-state index contributed by atoms with van der Waals surface area (Å²) in [6.07, 6.45) is 5.49. The molecule has 2 aromatic heterocycles. The molecule has 7 heteroatoms. The number of hydrogen-bond acceptors (Lipinski definition) is 5. The lowest BCUT2D eigenvalue weighted by Gasteiger charge is -2.35. The molecule has 1 aliphatic heterocycles. The monoisotopic (exact) mass is 397 g/mol. The Balaban J connectivity index is 1.46. The van der Waals surface area contributed by atoms with Gasteiger partial charge in [0.2, 0.25) is 0 Å². The van der Waals surface area contributed by atoms with Crippen LogP contribution in [0.1, 0.15) is 17.2 Å². The first-order valence-corrected chi connectivity index (χ1v) is 9.89. The molecule has 1 unspecified atom stereocenters. The summed E-state index contributed by atoms with van der Waals surface area (Å²) in [4.78, 5) is 6.66. The first kappa shape index (κ1) is 19.1. The van der Waals surface area contributed by atoms with Crippen LogP contribution in [0.2, 0.25) is 5.02 Å². The van der Waals surface area contributed by atoms with E-state index in [4.69, 9.17) is 16.3 Å². The zero-order valence-electron chi connectivity index (χ0n) is 15.6. The van der Waals surface area contributed by atoms with Crippen LogP contribution in [0.3, 0.4) is 0 Å². The molecule has 1 atom stereocenters. The summed E-state index contributed by atoms with van der Waals surface area (Å²) in [5, 5.41) is 11.7. The van der Waals surface area contributed by atoms with Crippen molar-refractivity contribution in [1.29, 1.82) is 0 Å². The molecule has 3 aromatic rings. The van der Waals surface area contributed by atoms with Gasteiger partial charge in [0.25, 0.3) is 0 Å². The van der Waals surface area contributed by atoms with Gasteiger partial charge in [-0.15, -0.1) is 0 Å². The average molecular weight is 398 g/mol. The van der Waals surface area contributed by atoms with Gasteiger partial charge < -0.3 is 10.1 Å². The summed E-state index contributed by atoms with van der Waals surface area (Å²) in [5.74, 6) is 0. The number of halogens is 1. The van der Waals surface area contributed by atoms with Gasteiger partial charge in [0, 0.05) is 60.8 Å². The minimum Gasteiger partial charge on any atom is -0.379 e. The molecular formula is C21H24ClN5O. The summed E-state index contributed by atoms with van der Waals surface area (Å²) in [7, 11) is 0. The third-order valence-corrected chi connectivity index (χ3v) is 5.28. The van der Waals surface area contributed by atoms with Crippen molar-refractivity contribution in [2.75, 3.05) is 32.8 Å². The fraction of sp³-hybridized carbons (Fsp3) is 0.333. The fourth-order valence-corrected chi connectivity index (χ4v) is 3.81. The van der Waals surface area contributed by atoms with Gasteiger partial charge >= 0.3 is 0 Å². The smallest absolute Gasteiger partial charge is 0.0710 e. The predicted molar refractivity (Wildman–Crippen MR) is 110 cm³/mol. The molecule has 0 aliphatic carbocycles. The maximum absolute atomic E-state index is 6.25. The Hall–Kier alpha value is -2.25. The number of aromatic amines is 1. The Morgan fingerprint density at radius 3 is 2.86 bits per heavy atom. The van der Waals surface area contributed by atoms with E-state index >= 15 is 0 Å². The maximum atomic E-state index is 6.25. The molecule has 3 heterocycles. The Morgan fingerprint density at radius 1 is 1.18 bits per heavy atom. The van der Waals surface area contributed by atoms with Crippen molar-refractivity contribution in [1.82, 2.24) is 25.4 Å². The second-order valence-electron chi connectivity index (χ2n) is 6.86. The molecule has 0 saturated carbocycles. The van der Waals surface area contributed by atoms with Gasteiger partial charge in [-0.2, -0.15) is 5.10 Å². The number of hydrogen-bond donors (Lipinski definition) is 2. The van der Waals surface area contributed by atoms with Gasteiger partial charge in [-0.05, 0) is 29.8 Å². The highest BCUT2D eigenvalue weighted by Crippen LogP contribution is 2.25. The van der Waals surface area contributed by atoms with Crippen LogP contribution in [-0.4, -0.2) is 52.9 Å². The number of rotatable bonds is 7. The van der Waals surface area contributed by atoms with E-state index in [1.54, 1.807) is 6.20 Å². The van der Waals surface area contributed by atoms with Crippen molar-refractivity contribution in [3.8, 4) is 11.3 Å². The van der Waals surface area contributed by atoms with Crippen LogP contribution in [0, 0.1) is 0 Å². The van der Waals surface area contributed by atoms with Crippen molar-refractivity contribution in [3.63, 3.8) is 0 Å². The Morgan fingerprint density at radius 2 is 2.07 bits per heavy atom. The van der Waals surface area contributed by atoms with Gasteiger partial charge in [-0.1, -0.05) is 23.7 Å². The van der Waals surface area contributed by atoms with Gasteiger partial charge in [0.1, 0.15) is 0 Å². The highest BCUT2D eigenvalue weighted by molar-refractivity contribution is 6.30. The van der Waals surface area contributed by atoms with Crippen LogP contribution < -0.4 is 5.32 Å². The number of H-pyrrole nitrogens is 1. The molecule has 1 aromatic carbocycles. The minimum absolute atomic E-state index is 0.247. The van der Waals surface area contributed by atoms with Crippen LogP contribution in [0.25, 0.3) is 11.3 Å². The van der Waals surface area contributed by atoms with Crippen LogP contribution >= 0.6 is 11.6 Å². The molecule has 4 rings (SSSR count). The van der Waals surface area contributed by atoms with Crippen LogP contribution in [0.15, 0.2) is 55.0 Å². The van der Waals surface area contributed by atoms with Gasteiger partial charge in [0.15, 0.2) is 0 Å². The van der Waals surface area contributed by atoms with Crippen molar-refractivity contribution >= 4 is 11.6 Å². The molecule has 0 spiro atoms. The van der Waals surface area contributed by atoms with E-state index in [0.29, 0.717) is 0 Å². The summed E-state index contributed by atoms with van der Waals surface area (Å²) in [6, 6.07) is 12.3. The molecule has 1 fully saturated rings. The van der Waals surface area contributed by atoms with Crippen molar-refractivity contribution in [2.45, 2.75) is 12.6 Å². The van der Waals surface area contributed by atoms with E-state index < -0.39 is 0 Å². The number of aromatic nitrogens is 3. The van der Waals surface area contributed by atoms with Gasteiger partial charge in [0.05, 0.1) is 25.1 Å². The molecule has 0 bridgehead atoms. The summed E-state index contributed by atoms with van der Waals surface area (Å²) in [5.41, 5.74) is 4.39. The third kappa shape index (κ3) is 4.59. The SMILES string of the molecule is Clc1cccc(C(CNCc2cn[nH]c2-c2cccnc2)N2CCOCC2)c1. The van der Waals surface area contributed by atoms with E-state index in [1.807, 2.05) is 36.7 Å². The van der Waals surface area contributed by atoms with E-state index in [1.165, 1.54) is 5.56 Å². The molecule has 6 nitrogen and oxygen atoms in total. The number of benzene rings is 1. The zero-order valence-corrected chi connectivity index (χ0v) is 16.4. The zero-order chi connectivity index (χ0) is 19.2. The second-order valence-corrected chi connectivity index (χ2v) is 7.30. The normalized spacial score (nSPS) is 16.2. The standard InChI is InChI=1S/C21H24ClN5O/c22-19-5-1-3-16(11-19)20(27-7-9-28-10-8-27)15-24-13-18-14-25-26-21(18)17-4-2-6-23-12-17/h1-6,11-12,14,20,24H,7-10,13,15H2,(H,25,26).